The van der Waals surface area contributed by atoms with Crippen molar-refractivity contribution in [3.8, 4) is 0 Å². The second kappa shape index (κ2) is 6.44. The average Bonchev–Trinajstić information content (AvgIpc) is 3.40. The van der Waals surface area contributed by atoms with Gasteiger partial charge in [-0.05, 0) is 41.5 Å². The Bertz CT molecular complexity index is 1170. The molecule has 1 aliphatic carbocycles. The van der Waals surface area contributed by atoms with Gasteiger partial charge in [0, 0.05) is 14.1 Å². The highest BCUT2D eigenvalue weighted by atomic mass is 16.2. The lowest BCUT2D eigenvalue weighted by molar-refractivity contribution is 0.582. The molecule has 6 nitrogen and oxygen atoms in total. The molecule has 0 saturated heterocycles. The van der Waals surface area contributed by atoms with Crippen molar-refractivity contribution < 1.29 is 0 Å². The van der Waals surface area contributed by atoms with Crippen molar-refractivity contribution in [2.45, 2.75) is 31.6 Å². The molecule has 0 amide bonds. The van der Waals surface area contributed by atoms with Crippen LogP contribution in [0.15, 0.2) is 58.4 Å². The van der Waals surface area contributed by atoms with Gasteiger partial charge in [0.1, 0.15) is 0 Å². The molecule has 1 spiro atoms. The van der Waals surface area contributed by atoms with E-state index in [1.54, 1.807) is 18.7 Å². The standard InChI is InChI=1S/C23H25N5O/c1-4-16-9-11-18(12-10-16)20-23(14-13-17-7-5-6-8-19(17)23)15-28(24-20)21-25-27(3)22(29)26(21)2/h5-12H,4,13-15H2,1-3H3/t23-/m1/s1. The van der Waals surface area contributed by atoms with E-state index in [1.165, 1.54) is 21.4 Å². The minimum atomic E-state index is -0.183. The van der Waals surface area contributed by atoms with Gasteiger partial charge in [-0.25, -0.2) is 14.5 Å². The van der Waals surface area contributed by atoms with Crippen LogP contribution in [0.2, 0.25) is 0 Å². The first-order valence-corrected chi connectivity index (χ1v) is 10.2. The molecular formula is C23H25N5O. The van der Waals surface area contributed by atoms with Gasteiger partial charge < -0.3 is 0 Å². The maximum atomic E-state index is 12.3. The van der Waals surface area contributed by atoms with Gasteiger partial charge in [0.05, 0.1) is 17.7 Å². The van der Waals surface area contributed by atoms with Crippen LogP contribution in [0.5, 0.6) is 0 Å². The molecule has 1 aromatic heterocycles. The number of hydrazone groups is 1. The Kier molecular flexibility index (Phi) is 3.98. The van der Waals surface area contributed by atoms with Gasteiger partial charge in [0.25, 0.3) is 0 Å². The monoisotopic (exact) mass is 387 g/mol. The fourth-order valence-corrected chi connectivity index (χ4v) is 4.80. The molecule has 1 aliphatic heterocycles. The molecule has 0 radical (unpaired) electrons. The molecule has 29 heavy (non-hydrogen) atoms. The quantitative estimate of drug-likeness (QED) is 0.694. The molecule has 0 N–H and O–H groups in total. The maximum absolute atomic E-state index is 12.3. The van der Waals surface area contributed by atoms with E-state index in [0.717, 1.165) is 30.5 Å². The van der Waals surface area contributed by atoms with E-state index in [4.69, 9.17) is 5.10 Å². The highest BCUT2D eigenvalue weighted by molar-refractivity contribution is 6.11. The zero-order valence-electron chi connectivity index (χ0n) is 17.1. The van der Waals surface area contributed by atoms with Crippen molar-refractivity contribution in [2.24, 2.45) is 19.2 Å². The Morgan fingerprint density at radius 1 is 1.07 bits per heavy atom. The number of aromatic nitrogens is 3. The van der Waals surface area contributed by atoms with Crippen LogP contribution in [0.1, 0.15) is 35.6 Å². The summed E-state index contributed by atoms with van der Waals surface area (Å²) < 4.78 is 2.94. The number of anilines is 1. The number of hydrogen-bond donors (Lipinski definition) is 0. The Balaban J connectivity index is 1.67. The van der Waals surface area contributed by atoms with Crippen molar-refractivity contribution >= 4 is 11.7 Å². The van der Waals surface area contributed by atoms with Crippen molar-refractivity contribution in [1.82, 2.24) is 14.3 Å². The van der Waals surface area contributed by atoms with E-state index in [0.29, 0.717) is 12.5 Å². The normalized spacial score (nSPS) is 20.4. The van der Waals surface area contributed by atoms with Crippen LogP contribution in [0.25, 0.3) is 0 Å². The first kappa shape index (κ1) is 17.9. The summed E-state index contributed by atoms with van der Waals surface area (Å²) in [7, 11) is 3.43. The van der Waals surface area contributed by atoms with E-state index in [1.807, 2.05) is 5.01 Å². The number of nitrogens with zero attached hydrogens (tertiary/aromatic N) is 5. The second-order valence-corrected chi connectivity index (χ2v) is 8.06. The Morgan fingerprint density at radius 2 is 1.83 bits per heavy atom. The van der Waals surface area contributed by atoms with E-state index in [-0.39, 0.29) is 11.1 Å². The summed E-state index contributed by atoms with van der Waals surface area (Å²) in [6.45, 7) is 2.86. The number of rotatable bonds is 3. The summed E-state index contributed by atoms with van der Waals surface area (Å²) in [5.74, 6) is 0.585. The molecule has 3 aromatic rings. The summed E-state index contributed by atoms with van der Waals surface area (Å²) in [5.41, 5.74) is 5.95. The first-order valence-electron chi connectivity index (χ1n) is 10.2. The van der Waals surface area contributed by atoms with Gasteiger partial charge in [-0.2, -0.15) is 5.10 Å². The summed E-state index contributed by atoms with van der Waals surface area (Å²) >= 11 is 0. The highest BCUT2D eigenvalue weighted by Crippen LogP contribution is 2.46. The zero-order valence-corrected chi connectivity index (χ0v) is 17.1. The van der Waals surface area contributed by atoms with Crippen LogP contribution in [0, 0.1) is 0 Å². The highest BCUT2D eigenvalue weighted by Gasteiger charge is 2.49. The van der Waals surface area contributed by atoms with Crippen LogP contribution >= 0.6 is 0 Å². The molecule has 5 rings (SSSR count). The third kappa shape index (κ3) is 2.58. The average molecular weight is 387 g/mol. The Hall–Kier alpha value is -3.15. The van der Waals surface area contributed by atoms with Crippen LogP contribution in [-0.4, -0.2) is 26.6 Å². The first-order chi connectivity index (χ1) is 14.0. The van der Waals surface area contributed by atoms with Crippen molar-refractivity contribution in [2.75, 3.05) is 11.6 Å². The lowest BCUT2D eigenvalue weighted by Crippen LogP contribution is -2.37. The molecule has 148 valence electrons. The Morgan fingerprint density at radius 3 is 2.52 bits per heavy atom. The zero-order chi connectivity index (χ0) is 20.2. The topological polar surface area (TPSA) is 55.4 Å². The van der Waals surface area contributed by atoms with Crippen molar-refractivity contribution in [3.05, 3.63) is 81.3 Å². The summed E-state index contributed by atoms with van der Waals surface area (Å²) in [6.07, 6.45) is 3.07. The number of benzene rings is 2. The number of hydrogen-bond acceptors (Lipinski definition) is 4. The fourth-order valence-electron chi connectivity index (χ4n) is 4.80. The lowest BCUT2D eigenvalue weighted by atomic mass is 9.75. The van der Waals surface area contributed by atoms with Gasteiger partial charge in [-0.15, -0.1) is 5.10 Å². The third-order valence-corrected chi connectivity index (χ3v) is 6.42. The molecule has 6 heteroatoms. The molecule has 2 aromatic carbocycles. The summed E-state index contributed by atoms with van der Waals surface area (Å²) in [5, 5.41) is 11.4. The molecule has 0 saturated carbocycles. The molecule has 2 aliphatic rings. The third-order valence-electron chi connectivity index (χ3n) is 6.42. The summed E-state index contributed by atoms with van der Waals surface area (Å²) in [4.78, 5) is 12.3. The fraction of sp³-hybridized carbons (Fsp3) is 0.348. The molecular weight excluding hydrogens is 362 g/mol. The van der Waals surface area contributed by atoms with Crippen LogP contribution < -0.4 is 10.7 Å². The van der Waals surface area contributed by atoms with E-state index < -0.39 is 0 Å². The predicted octanol–water partition coefficient (Wildman–Crippen LogP) is 2.79. The minimum absolute atomic E-state index is 0.142. The Labute approximate surface area is 170 Å². The maximum Gasteiger partial charge on any atom is 0.346 e. The predicted molar refractivity (Wildman–Crippen MR) is 115 cm³/mol. The number of fused-ring (bicyclic) bond motifs is 2. The lowest BCUT2D eigenvalue weighted by Gasteiger charge is -2.27. The van der Waals surface area contributed by atoms with E-state index in [9.17, 15) is 4.79 Å². The molecule has 0 fully saturated rings. The van der Waals surface area contributed by atoms with Gasteiger partial charge >= 0.3 is 5.69 Å². The van der Waals surface area contributed by atoms with E-state index in [2.05, 4.69) is 60.6 Å². The molecule has 0 unspecified atom stereocenters. The van der Waals surface area contributed by atoms with Gasteiger partial charge in [0.15, 0.2) is 0 Å². The van der Waals surface area contributed by atoms with Gasteiger partial charge in [-0.1, -0.05) is 55.5 Å². The number of aryl methyl sites for hydroxylation is 3. The van der Waals surface area contributed by atoms with Crippen LogP contribution in [0.4, 0.5) is 5.95 Å². The van der Waals surface area contributed by atoms with Crippen molar-refractivity contribution in [3.63, 3.8) is 0 Å². The van der Waals surface area contributed by atoms with Crippen molar-refractivity contribution in [1.29, 1.82) is 0 Å². The van der Waals surface area contributed by atoms with Crippen LogP contribution in [0.3, 0.4) is 0 Å². The van der Waals surface area contributed by atoms with E-state index >= 15 is 0 Å². The summed E-state index contributed by atoms with van der Waals surface area (Å²) in [6, 6.07) is 17.4. The molecule has 0 bridgehead atoms. The van der Waals surface area contributed by atoms with Gasteiger partial charge in [0.2, 0.25) is 5.95 Å². The smallest absolute Gasteiger partial charge is 0.263 e. The SMILES string of the molecule is CCc1ccc(C2=NN(c3nn(C)c(=O)n3C)C[C@@]23CCc2ccccc23)cc1. The largest absolute Gasteiger partial charge is 0.346 e. The van der Waals surface area contributed by atoms with Crippen LogP contribution in [-0.2, 0) is 32.4 Å². The molecule has 2 heterocycles. The van der Waals surface area contributed by atoms with Gasteiger partial charge in [-0.3, -0.25) is 4.57 Å². The molecule has 1 atom stereocenters. The second-order valence-electron chi connectivity index (χ2n) is 8.06. The minimum Gasteiger partial charge on any atom is -0.263 e.